The van der Waals surface area contributed by atoms with Crippen LogP contribution >= 0.6 is 11.6 Å². The Kier molecular flexibility index (Phi) is 7.83. The van der Waals surface area contributed by atoms with E-state index in [4.69, 9.17) is 16.3 Å². The second-order valence-corrected chi connectivity index (χ2v) is 8.58. The van der Waals surface area contributed by atoms with Gasteiger partial charge in [-0.05, 0) is 36.1 Å². The summed E-state index contributed by atoms with van der Waals surface area (Å²) in [6, 6.07) is 2.78. The quantitative estimate of drug-likeness (QED) is 0.237. The Morgan fingerprint density at radius 3 is 2.42 bits per heavy atom. The van der Waals surface area contributed by atoms with E-state index in [2.05, 4.69) is 14.3 Å². The Balaban J connectivity index is 2.18. The van der Waals surface area contributed by atoms with Crippen molar-refractivity contribution in [1.29, 1.82) is 0 Å². The number of benzene rings is 1. The molecule has 182 valence electrons. The number of rotatable bonds is 7. The van der Waals surface area contributed by atoms with Gasteiger partial charge in [-0.25, -0.2) is 4.79 Å². The Morgan fingerprint density at radius 2 is 1.88 bits per heavy atom. The standard InChI is InChI=1S/C20H21ClF3NO8/c1-10(33-25(28)29)5-16(26)30-9-31-18(27)12-6-11-7-14(21)13(19(2,3)4)8-15(11)32-17(12)20(22,23)24/h6-8,10,17H,5,9H2,1-4H3/t10?,17-/m0/s1. The van der Waals surface area contributed by atoms with E-state index in [0.717, 1.165) is 6.08 Å². The van der Waals surface area contributed by atoms with E-state index in [9.17, 15) is 32.9 Å². The number of halogens is 4. The summed E-state index contributed by atoms with van der Waals surface area (Å²) < 4.78 is 55.1. The first-order chi connectivity index (χ1) is 15.1. The van der Waals surface area contributed by atoms with E-state index in [0.29, 0.717) is 5.56 Å². The molecular formula is C20H21ClF3NO8. The van der Waals surface area contributed by atoms with E-state index in [1.807, 2.05) is 20.8 Å². The maximum Gasteiger partial charge on any atom is 0.430 e. The fourth-order valence-electron chi connectivity index (χ4n) is 2.91. The van der Waals surface area contributed by atoms with E-state index in [1.54, 1.807) is 0 Å². The number of carbonyl (C=O) groups is 2. The van der Waals surface area contributed by atoms with Crippen LogP contribution < -0.4 is 4.74 Å². The molecule has 9 nitrogen and oxygen atoms in total. The average molecular weight is 496 g/mol. The van der Waals surface area contributed by atoms with Crippen LogP contribution in [0, 0.1) is 10.1 Å². The lowest BCUT2D eigenvalue weighted by atomic mass is 9.85. The van der Waals surface area contributed by atoms with Crippen LogP contribution in [-0.4, -0.2) is 42.2 Å². The molecule has 0 radical (unpaired) electrons. The number of hydrogen-bond donors (Lipinski definition) is 0. The van der Waals surface area contributed by atoms with Crippen LogP contribution in [0.1, 0.15) is 45.2 Å². The molecule has 1 aliphatic rings. The van der Waals surface area contributed by atoms with Crippen LogP contribution in [0.3, 0.4) is 0 Å². The zero-order valence-corrected chi connectivity index (χ0v) is 18.8. The van der Waals surface area contributed by atoms with Crippen molar-refractivity contribution in [1.82, 2.24) is 0 Å². The molecule has 33 heavy (non-hydrogen) atoms. The van der Waals surface area contributed by atoms with Crippen molar-refractivity contribution in [2.45, 2.75) is 57.9 Å². The van der Waals surface area contributed by atoms with Gasteiger partial charge in [-0.1, -0.05) is 32.4 Å². The highest BCUT2D eigenvalue weighted by Gasteiger charge is 2.49. The van der Waals surface area contributed by atoms with Crippen molar-refractivity contribution in [3.63, 3.8) is 0 Å². The molecule has 1 aromatic rings. The van der Waals surface area contributed by atoms with E-state index >= 15 is 0 Å². The Hall–Kier alpha value is -3.02. The Bertz CT molecular complexity index is 971. The summed E-state index contributed by atoms with van der Waals surface area (Å²) in [6.45, 7) is 5.70. The normalized spacial score (nSPS) is 16.6. The van der Waals surface area contributed by atoms with Crippen molar-refractivity contribution in [2.24, 2.45) is 0 Å². The molecule has 0 saturated heterocycles. The molecule has 0 bridgehead atoms. The third-order valence-corrected chi connectivity index (χ3v) is 4.72. The van der Waals surface area contributed by atoms with E-state index < -0.39 is 59.6 Å². The molecule has 0 saturated carbocycles. The van der Waals surface area contributed by atoms with Gasteiger partial charge in [0.2, 0.25) is 12.9 Å². The van der Waals surface area contributed by atoms with Crippen LogP contribution in [-0.2, 0) is 29.3 Å². The third-order valence-electron chi connectivity index (χ3n) is 4.41. The molecule has 0 fully saturated rings. The molecule has 1 unspecified atom stereocenters. The lowest BCUT2D eigenvalue weighted by molar-refractivity contribution is -0.767. The summed E-state index contributed by atoms with van der Waals surface area (Å²) in [5.74, 6) is -2.55. The van der Waals surface area contributed by atoms with Gasteiger partial charge in [-0.15, -0.1) is 10.1 Å². The highest BCUT2D eigenvalue weighted by Crippen LogP contribution is 2.42. The van der Waals surface area contributed by atoms with E-state index in [-0.39, 0.29) is 16.3 Å². The largest absolute Gasteiger partial charge is 0.475 e. The smallest absolute Gasteiger partial charge is 0.430 e. The first kappa shape index (κ1) is 26.2. The fourth-order valence-corrected chi connectivity index (χ4v) is 3.37. The highest BCUT2D eigenvalue weighted by atomic mass is 35.5. The van der Waals surface area contributed by atoms with Crippen molar-refractivity contribution in [2.75, 3.05) is 6.79 Å². The predicted molar refractivity (Wildman–Crippen MR) is 108 cm³/mol. The van der Waals surface area contributed by atoms with Gasteiger partial charge in [0, 0.05) is 10.6 Å². The van der Waals surface area contributed by atoms with Gasteiger partial charge in [0.15, 0.2) is 0 Å². The first-order valence-corrected chi connectivity index (χ1v) is 9.90. The van der Waals surface area contributed by atoms with Gasteiger partial charge in [-0.3, -0.25) is 4.79 Å². The van der Waals surface area contributed by atoms with Gasteiger partial charge in [0.25, 0.3) is 5.09 Å². The number of esters is 2. The molecule has 0 amide bonds. The van der Waals surface area contributed by atoms with Crippen LogP contribution in [0.15, 0.2) is 17.7 Å². The van der Waals surface area contributed by atoms with Gasteiger partial charge in [-0.2, -0.15) is 13.2 Å². The second-order valence-electron chi connectivity index (χ2n) is 8.17. The van der Waals surface area contributed by atoms with Crippen molar-refractivity contribution < 1.29 is 46.9 Å². The fraction of sp³-hybridized carbons (Fsp3) is 0.500. The Labute approximate surface area is 191 Å². The molecule has 0 aliphatic carbocycles. The zero-order valence-electron chi connectivity index (χ0n) is 18.0. The SMILES string of the molecule is CC(CC(=O)OCOC(=O)C1=Cc2cc(Cl)c(C(C)(C)C)cc2O[C@@H]1C(F)(F)F)O[N+](=O)[O-]. The van der Waals surface area contributed by atoms with Crippen LogP contribution in [0.4, 0.5) is 13.2 Å². The van der Waals surface area contributed by atoms with Gasteiger partial charge < -0.3 is 19.0 Å². The lowest BCUT2D eigenvalue weighted by Crippen LogP contribution is -2.41. The molecule has 0 spiro atoms. The van der Waals surface area contributed by atoms with Gasteiger partial charge >= 0.3 is 18.1 Å². The highest BCUT2D eigenvalue weighted by molar-refractivity contribution is 6.31. The van der Waals surface area contributed by atoms with Gasteiger partial charge in [0.05, 0.1) is 12.0 Å². The van der Waals surface area contributed by atoms with Crippen LogP contribution in [0.2, 0.25) is 5.02 Å². The summed E-state index contributed by atoms with van der Waals surface area (Å²) in [7, 11) is 0. The first-order valence-electron chi connectivity index (χ1n) is 9.52. The molecule has 0 N–H and O–H groups in total. The van der Waals surface area contributed by atoms with E-state index in [1.165, 1.54) is 19.1 Å². The maximum absolute atomic E-state index is 13.6. The number of nitrogens with zero attached hydrogens (tertiary/aromatic N) is 1. The zero-order chi connectivity index (χ0) is 25.1. The van der Waals surface area contributed by atoms with Crippen molar-refractivity contribution in [3.05, 3.63) is 44.0 Å². The average Bonchev–Trinajstić information content (AvgIpc) is 2.63. The minimum atomic E-state index is -4.95. The number of fused-ring (bicyclic) bond motifs is 1. The summed E-state index contributed by atoms with van der Waals surface area (Å²) >= 11 is 6.26. The summed E-state index contributed by atoms with van der Waals surface area (Å²) in [5.41, 5.74) is -0.637. The van der Waals surface area contributed by atoms with Crippen molar-refractivity contribution in [3.8, 4) is 5.75 Å². The van der Waals surface area contributed by atoms with Crippen LogP contribution in [0.25, 0.3) is 6.08 Å². The molecule has 2 atom stereocenters. The summed E-state index contributed by atoms with van der Waals surface area (Å²) in [4.78, 5) is 38.2. The maximum atomic E-state index is 13.6. The molecule has 0 aromatic heterocycles. The minimum Gasteiger partial charge on any atom is -0.475 e. The monoisotopic (exact) mass is 495 g/mol. The number of carbonyl (C=O) groups excluding carboxylic acids is 2. The molecular weight excluding hydrogens is 475 g/mol. The van der Waals surface area contributed by atoms with Crippen LogP contribution in [0.5, 0.6) is 5.75 Å². The second kappa shape index (κ2) is 9.86. The minimum absolute atomic E-state index is 0.102. The molecule has 1 heterocycles. The molecule has 13 heteroatoms. The summed E-state index contributed by atoms with van der Waals surface area (Å²) in [5, 5.41) is 9.38. The number of ether oxygens (including phenoxy) is 3. The third kappa shape index (κ3) is 6.98. The molecule has 1 aliphatic heterocycles. The van der Waals surface area contributed by atoms with Gasteiger partial charge in [0.1, 0.15) is 11.9 Å². The lowest BCUT2D eigenvalue weighted by Gasteiger charge is -2.30. The number of alkyl halides is 3. The molecule has 1 aromatic carbocycles. The summed E-state index contributed by atoms with van der Waals surface area (Å²) in [6.07, 6.45) is -8.29. The Morgan fingerprint density at radius 1 is 1.24 bits per heavy atom. The van der Waals surface area contributed by atoms with Crippen molar-refractivity contribution >= 4 is 29.6 Å². The number of hydrogen-bond acceptors (Lipinski definition) is 8. The topological polar surface area (TPSA) is 114 Å². The molecule has 2 rings (SSSR count). The predicted octanol–water partition coefficient (Wildman–Crippen LogP) is 4.38.